The number of hydrogen-bond acceptors (Lipinski definition) is 3. The first-order valence-corrected chi connectivity index (χ1v) is 6.90. The quantitative estimate of drug-likeness (QED) is 0.856. The minimum Gasteiger partial charge on any atom is -0.534 e. The van der Waals surface area contributed by atoms with Gasteiger partial charge in [-0.3, -0.25) is 4.79 Å². The molecule has 20 heavy (non-hydrogen) atoms. The monoisotopic (exact) mass is 271 g/mol. The Hall–Kier alpha value is -1.75. The molecule has 4 nitrogen and oxygen atoms in total. The molecule has 1 amide bonds. The van der Waals surface area contributed by atoms with Gasteiger partial charge in [0, 0.05) is 11.6 Å². The van der Waals surface area contributed by atoms with Crippen molar-refractivity contribution in [3.05, 3.63) is 36.6 Å². The third kappa shape index (κ3) is 2.58. The second-order valence-corrected chi connectivity index (χ2v) is 5.89. The molecule has 2 fully saturated rings. The van der Waals surface area contributed by atoms with Crippen molar-refractivity contribution in [1.29, 1.82) is 0 Å². The van der Waals surface area contributed by atoms with E-state index in [2.05, 4.69) is 11.9 Å². The van der Waals surface area contributed by atoms with Gasteiger partial charge in [-0.15, -0.1) is 0 Å². The molecule has 0 aromatic heterocycles. The summed E-state index contributed by atoms with van der Waals surface area (Å²) in [6, 6.07) is 7.57. The fraction of sp³-hybridized carbons (Fsp3) is 0.400. The van der Waals surface area contributed by atoms with E-state index in [0.717, 1.165) is 24.0 Å². The zero-order valence-electron chi connectivity index (χ0n) is 11.8. The van der Waals surface area contributed by atoms with Gasteiger partial charge in [0.25, 0.3) is 0 Å². The highest BCUT2D eigenvalue weighted by Crippen LogP contribution is 2.31. The average molecular weight is 271 g/mol. The van der Waals surface area contributed by atoms with Crippen LogP contribution in [-0.4, -0.2) is 18.6 Å². The smallest absolute Gasteiger partial charge is 0.534 e. The number of carbonyl (C=O) groups is 1. The van der Waals surface area contributed by atoms with Crippen LogP contribution >= 0.6 is 0 Å². The summed E-state index contributed by atoms with van der Waals surface area (Å²) in [7, 11) is -0.463. The fourth-order valence-electron chi connectivity index (χ4n) is 2.12. The van der Waals surface area contributed by atoms with E-state index in [4.69, 9.17) is 9.31 Å². The van der Waals surface area contributed by atoms with Crippen molar-refractivity contribution in [3.63, 3.8) is 0 Å². The molecule has 0 bridgehead atoms. The van der Waals surface area contributed by atoms with Crippen LogP contribution in [0.25, 0.3) is 0 Å². The molecule has 1 N–H and O–H groups in total. The molecule has 0 unspecified atom stereocenters. The van der Waals surface area contributed by atoms with Crippen LogP contribution in [0.4, 0.5) is 5.69 Å². The Kier molecular flexibility index (Phi) is 3.09. The van der Waals surface area contributed by atoms with Gasteiger partial charge in [0.2, 0.25) is 5.91 Å². The summed E-state index contributed by atoms with van der Waals surface area (Å²) in [4.78, 5) is 11.8. The van der Waals surface area contributed by atoms with Gasteiger partial charge in [-0.2, -0.15) is 0 Å². The predicted octanol–water partition coefficient (Wildman–Crippen LogP) is 2.07. The Morgan fingerprint density at radius 2 is 2.20 bits per heavy atom. The molecule has 0 radical (unpaired) electrons. The van der Waals surface area contributed by atoms with Crippen LogP contribution in [0.3, 0.4) is 0 Å². The van der Waals surface area contributed by atoms with Crippen molar-refractivity contribution in [1.82, 2.24) is 0 Å². The molecule has 1 aromatic carbocycles. The molecule has 1 aromatic rings. The molecule has 3 rings (SSSR count). The van der Waals surface area contributed by atoms with Gasteiger partial charge < -0.3 is 14.6 Å². The topological polar surface area (TPSA) is 47.6 Å². The second kappa shape index (κ2) is 4.67. The Morgan fingerprint density at radius 1 is 1.45 bits per heavy atom. The lowest BCUT2D eigenvalue weighted by atomic mass is 9.79. The first kappa shape index (κ1) is 13.2. The predicted molar refractivity (Wildman–Crippen MR) is 78.6 cm³/mol. The van der Waals surface area contributed by atoms with E-state index < -0.39 is 12.7 Å². The van der Waals surface area contributed by atoms with Gasteiger partial charge in [0.15, 0.2) is 0 Å². The molecule has 1 heterocycles. The fourth-order valence-corrected chi connectivity index (χ4v) is 2.12. The number of anilines is 1. The van der Waals surface area contributed by atoms with E-state index in [0.29, 0.717) is 5.76 Å². The minimum absolute atomic E-state index is 0.0974. The third-order valence-electron chi connectivity index (χ3n) is 3.70. The van der Waals surface area contributed by atoms with E-state index in [1.165, 1.54) is 0 Å². The molecule has 5 heteroatoms. The Morgan fingerprint density at radius 3 is 2.80 bits per heavy atom. The minimum atomic E-state index is -0.488. The van der Waals surface area contributed by atoms with E-state index in [1.54, 1.807) is 0 Å². The Labute approximate surface area is 119 Å². The van der Waals surface area contributed by atoms with Crippen molar-refractivity contribution in [2.75, 3.05) is 5.32 Å². The third-order valence-corrected chi connectivity index (χ3v) is 3.70. The molecule has 1 aliphatic heterocycles. The van der Waals surface area contributed by atoms with Crippen molar-refractivity contribution in [2.24, 2.45) is 5.92 Å². The summed E-state index contributed by atoms with van der Waals surface area (Å²) in [6.45, 7) is 7.72. The lowest BCUT2D eigenvalue weighted by Crippen LogP contribution is -2.34. The van der Waals surface area contributed by atoms with Crippen LogP contribution in [0, 0.1) is 5.92 Å². The van der Waals surface area contributed by atoms with Gasteiger partial charge in [-0.1, -0.05) is 18.7 Å². The van der Waals surface area contributed by atoms with Crippen LogP contribution in [0.15, 0.2) is 36.6 Å². The maximum absolute atomic E-state index is 11.8. The maximum atomic E-state index is 11.8. The first-order valence-electron chi connectivity index (χ1n) is 6.90. The number of rotatable bonds is 3. The summed E-state index contributed by atoms with van der Waals surface area (Å²) < 4.78 is 11.5. The van der Waals surface area contributed by atoms with Crippen LogP contribution in [-0.2, 0) is 14.1 Å². The standard InChI is InChI=1S/C15H18BNO3/c1-10-15(2,3)20-16(19-10)12-5-4-6-13(9-12)17-14(18)11-7-8-11/h4-6,9,11H,1,7-8H2,2-3H3,(H,17,18). The van der Waals surface area contributed by atoms with E-state index in [9.17, 15) is 4.79 Å². The van der Waals surface area contributed by atoms with Gasteiger partial charge in [-0.25, -0.2) is 0 Å². The molecule has 1 saturated heterocycles. The average Bonchev–Trinajstić information content (AvgIpc) is 3.18. The van der Waals surface area contributed by atoms with Crippen molar-refractivity contribution >= 4 is 24.2 Å². The number of nitrogens with one attached hydrogen (secondary N) is 1. The zero-order chi connectivity index (χ0) is 14.3. The van der Waals surface area contributed by atoms with Gasteiger partial charge >= 0.3 is 7.12 Å². The highest BCUT2D eigenvalue weighted by atomic mass is 16.7. The lowest BCUT2D eigenvalue weighted by molar-refractivity contribution is -0.117. The summed E-state index contributed by atoms with van der Waals surface area (Å²) in [6.07, 6.45) is 1.99. The molecule has 104 valence electrons. The highest BCUT2D eigenvalue weighted by Gasteiger charge is 2.42. The Balaban J connectivity index is 1.74. The van der Waals surface area contributed by atoms with Crippen LogP contribution in [0.2, 0.25) is 0 Å². The SMILES string of the molecule is C=C1OB(c2cccc(NC(=O)C3CC3)c2)OC1(C)C. The summed E-state index contributed by atoms with van der Waals surface area (Å²) in [5, 5.41) is 2.93. The maximum Gasteiger partial charge on any atom is 0.563 e. The largest absolute Gasteiger partial charge is 0.563 e. The summed E-state index contributed by atoms with van der Waals surface area (Å²) >= 11 is 0. The molecule has 1 saturated carbocycles. The first-order chi connectivity index (χ1) is 9.45. The molecular formula is C15H18BNO3. The van der Waals surface area contributed by atoms with E-state index in [-0.39, 0.29) is 11.8 Å². The molecule has 1 aliphatic carbocycles. The highest BCUT2D eigenvalue weighted by molar-refractivity contribution is 6.62. The zero-order valence-corrected chi connectivity index (χ0v) is 11.8. The van der Waals surface area contributed by atoms with E-state index in [1.807, 2.05) is 38.1 Å². The second-order valence-electron chi connectivity index (χ2n) is 5.89. The van der Waals surface area contributed by atoms with Crippen LogP contribution < -0.4 is 10.8 Å². The van der Waals surface area contributed by atoms with Gasteiger partial charge in [0.1, 0.15) is 5.60 Å². The lowest BCUT2D eigenvalue weighted by Gasteiger charge is -2.15. The molecule has 2 aliphatic rings. The normalized spacial score (nSPS) is 20.7. The number of amides is 1. The molecule has 0 spiro atoms. The van der Waals surface area contributed by atoms with E-state index >= 15 is 0 Å². The number of hydrogen-bond donors (Lipinski definition) is 1. The van der Waals surface area contributed by atoms with Gasteiger partial charge in [-0.05, 0) is 44.3 Å². The van der Waals surface area contributed by atoms with Crippen LogP contribution in [0.1, 0.15) is 26.7 Å². The molecular weight excluding hydrogens is 253 g/mol. The van der Waals surface area contributed by atoms with Gasteiger partial charge in [0.05, 0.1) is 5.76 Å². The van der Waals surface area contributed by atoms with Crippen LogP contribution in [0.5, 0.6) is 0 Å². The van der Waals surface area contributed by atoms with Crippen molar-refractivity contribution in [3.8, 4) is 0 Å². The number of carbonyl (C=O) groups excluding carboxylic acids is 1. The van der Waals surface area contributed by atoms with Crippen molar-refractivity contribution in [2.45, 2.75) is 32.3 Å². The summed E-state index contributed by atoms with van der Waals surface area (Å²) in [5.41, 5.74) is 1.17. The number of benzene rings is 1. The Bertz CT molecular complexity index is 566. The summed E-state index contributed by atoms with van der Waals surface area (Å²) in [5.74, 6) is 0.909. The van der Waals surface area contributed by atoms with Crippen molar-refractivity contribution < 1.29 is 14.1 Å². The molecule has 0 atom stereocenters.